The van der Waals surface area contributed by atoms with Gasteiger partial charge in [-0.1, -0.05) is 11.6 Å². The quantitative estimate of drug-likeness (QED) is 0.810. The predicted molar refractivity (Wildman–Crippen MR) is 95.5 cm³/mol. The van der Waals surface area contributed by atoms with Gasteiger partial charge in [0.15, 0.2) is 0 Å². The zero-order valence-electron chi connectivity index (χ0n) is 14.7. The number of piperidine rings is 1. The van der Waals surface area contributed by atoms with Crippen LogP contribution in [0.5, 0.6) is 5.75 Å². The monoisotopic (exact) mass is 365 g/mol. The maximum atomic E-state index is 12.2. The summed E-state index contributed by atoms with van der Waals surface area (Å²) in [6.07, 6.45) is 2.06. The fraction of sp³-hybridized carbons (Fsp3) is 0.556. The zero-order chi connectivity index (χ0) is 18.0. The lowest BCUT2D eigenvalue weighted by atomic mass is 10.1. The first-order valence-corrected chi connectivity index (χ1v) is 9.12. The molecule has 0 unspecified atom stereocenters. The minimum Gasteiger partial charge on any atom is -0.490 e. The van der Waals surface area contributed by atoms with Gasteiger partial charge >= 0.3 is 11.8 Å². The van der Waals surface area contributed by atoms with Crippen LogP contribution in [0.4, 0.5) is 0 Å². The molecule has 2 heterocycles. The standard InChI is InChI=1S/C18H24ClN3O3/c1-3-21-11-22(18(24)17(21)23)10-13-9-14(19)8-12(2)16(13)25-15-4-6-20-7-5-15/h8-9,15,20H,3-7,10-11H2,1-2H3. The van der Waals surface area contributed by atoms with Gasteiger partial charge in [-0.3, -0.25) is 9.59 Å². The van der Waals surface area contributed by atoms with E-state index in [-0.39, 0.29) is 6.10 Å². The molecule has 1 aromatic rings. The van der Waals surface area contributed by atoms with E-state index in [1.165, 1.54) is 4.90 Å². The number of carbonyl (C=O) groups excluding carboxylic acids is 2. The molecule has 0 aromatic heterocycles. The normalized spacial score (nSPS) is 19.0. The van der Waals surface area contributed by atoms with Gasteiger partial charge in [0.1, 0.15) is 11.9 Å². The summed E-state index contributed by atoms with van der Waals surface area (Å²) in [7, 11) is 0. The maximum absolute atomic E-state index is 12.2. The molecule has 3 rings (SSSR count). The Bertz CT molecular complexity index is 674. The van der Waals surface area contributed by atoms with Crippen LogP contribution in [0.2, 0.25) is 5.02 Å². The summed E-state index contributed by atoms with van der Waals surface area (Å²) < 4.78 is 6.26. The van der Waals surface area contributed by atoms with Crippen LogP contribution in [0.1, 0.15) is 30.9 Å². The highest BCUT2D eigenvalue weighted by molar-refractivity contribution is 6.36. The number of likely N-dealkylation sites (N-methyl/N-ethyl adjacent to an activating group) is 1. The summed E-state index contributed by atoms with van der Waals surface area (Å²) in [5.41, 5.74) is 1.80. The molecule has 0 aliphatic carbocycles. The van der Waals surface area contributed by atoms with Crippen molar-refractivity contribution in [2.45, 2.75) is 39.3 Å². The Morgan fingerprint density at radius 2 is 1.88 bits per heavy atom. The second-order valence-electron chi connectivity index (χ2n) is 6.58. The molecule has 2 saturated heterocycles. The SMILES string of the molecule is CCN1CN(Cc2cc(Cl)cc(C)c2OC2CCNCC2)C(=O)C1=O. The number of nitrogens with zero attached hydrogens (tertiary/aromatic N) is 2. The van der Waals surface area contributed by atoms with Crippen molar-refractivity contribution in [1.29, 1.82) is 0 Å². The van der Waals surface area contributed by atoms with Crippen molar-refractivity contribution in [2.75, 3.05) is 26.3 Å². The van der Waals surface area contributed by atoms with Gasteiger partial charge in [-0.2, -0.15) is 0 Å². The summed E-state index contributed by atoms with van der Waals surface area (Å²) >= 11 is 6.22. The number of hydrogen-bond acceptors (Lipinski definition) is 4. The number of ether oxygens (including phenoxy) is 1. The van der Waals surface area contributed by atoms with Crippen molar-refractivity contribution in [3.63, 3.8) is 0 Å². The molecule has 7 heteroatoms. The Kier molecular flexibility index (Phi) is 5.49. The fourth-order valence-electron chi connectivity index (χ4n) is 3.34. The number of nitrogens with one attached hydrogen (secondary N) is 1. The summed E-state index contributed by atoms with van der Waals surface area (Å²) in [6, 6.07) is 3.70. The number of benzene rings is 1. The molecule has 25 heavy (non-hydrogen) atoms. The lowest BCUT2D eigenvalue weighted by molar-refractivity contribution is -0.143. The summed E-state index contributed by atoms with van der Waals surface area (Å²) in [5, 5.41) is 3.93. The highest BCUT2D eigenvalue weighted by Gasteiger charge is 2.35. The molecular formula is C18H24ClN3O3. The molecule has 0 saturated carbocycles. The van der Waals surface area contributed by atoms with Crippen molar-refractivity contribution >= 4 is 23.4 Å². The van der Waals surface area contributed by atoms with Gasteiger partial charge in [0, 0.05) is 17.1 Å². The van der Waals surface area contributed by atoms with E-state index >= 15 is 0 Å². The van der Waals surface area contributed by atoms with Crippen LogP contribution in [-0.2, 0) is 16.1 Å². The molecule has 0 bridgehead atoms. The Hall–Kier alpha value is -1.79. The first-order valence-electron chi connectivity index (χ1n) is 8.74. The summed E-state index contributed by atoms with van der Waals surface area (Å²) in [4.78, 5) is 27.2. The smallest absolute Gasteiger partial charge is 0.313 e. The van der Waals surface area contributed by atoms with Crippen LogP contribution >= 0.6 is 11.6 Å². The van der Waals surface area contributed by atoms with Gasteiger partial charge in [-0.05, 0) is 57.5 Å². The van der Waals surface area contributed by atoms with Crippen LogP contribution in [0.25, 0.3) is 0 Å². The lowest BCUT2D eigenvalue weighted by Crippen LogP contribution is -2.34. The predicted octanol–water partition coefficient (Wildman–Crippen LogP) is 1.93. The Labute approximate surface area is 153 Å². The molecule has 6 nitrogen and oxygen atoms in total. The first-order chi connectivity index (χ1) is 12.0. The molecule has 2 fully saturated rings. The van der Waals surface area contributed by atoms with E-state index < -0.39 is 11.8 Å². The third-order valence-electron chi connectivity index (χ3n) is 4.73. The minimum atomic E-state index is -0.465. The Balaban J connectivity index is 1.82. The molecule has 1 N–H and O–H groups in total. The number of amides is 2. The van der Waals surface area contributed by atoms with Crippen LogP contribution in [-0.4, -0.2) is 54.0 Å². The van der Waals surface area contributed by atoms with Gasteiger partial charge in [-0.25, -0.2) is 0 Å². The molecule has 0 atom stereocenters. The Morgan fingerprint density at radius 1 is 1.20 bits per heavy atom. The maximum Gasteiger partial charge on any atom is 0.313 e. The van der Waals surface area contributed by atoms with E-state index in [1.54, 1.807) is 4.90 Å². The number of halogens is 1. The van der Waals surface area contributed by atoms with Crippen LogP contribution in [0.15, 0.2) is 12.1 Å². The molecule has 2 aliphatic rings. The highest BCUT2D eigenvalue weighted by Crippen LogP contribution is 2.31. The second-order valence-corrected chi connectivity index (χ2v) is 7.02. The van der Waals surface area contributed by atoms with Crippen molar-refractivity contribution in [3.05, 3.63) is 28.3 Å². The van der Waals surface area contributed by atoms with E-state index in [4.69, 9.17) is 16.3 Å². The third-order valence-corrected chi connectivity index (χ3v) is 4.95. The van der Waals surface area contributed by atoms with Crippen molar-refractivity contribution < 1.29 is 14.3 Å². The van der Waals surface area contributed by atoms with Gasteiger partial charge in [0.05, 0.1) is 13.2 Å². The van der Waals surface area contributed by atoms with E-state index in [0.717, 1.165) is 42.8 Å². The summed E-state index contributed by atoms with van der Waals surface area (Å²) in [6.45, 7) is 6.86. The zero-order valence-corrected chi connectivity index (χ0v) is 15.4. The first kappa shape index (κ1) is 18.0. The van der Waals surface area contributed by atoms with Crippen LogP contribution in [0.3, 0.4) is 0 Å². The van der Waals surface area contributed by atoms with E-state index in [1.807, 2.05) is 26.0 Å². The molecular weight excluding hydrogens is 342 g/mol. The van der Waals surface area contributed by atoms with E-state index in [9.17, 15) is 9.59 Å². The second kappa shape index (κ2) is 7.62. The van der Waals surface area contributed by atoms with Crippen molar-refractivity contribution in [3.8, 4) is 5.75 Å². The van der Waals surface area contributed by atoms with E-state index in [2.05, 4.69) is 5.32 Å². The third kappa shape index (κ3) is 3.90. The van der Waals surface area contributed by atoms with Crippen molar-refractivity contribution in [1.82, 2.24) is 15.1 Å². The molecule has 0 spiro atoms. The van der Waals surface area contributed by atoms with Crippen LogP contribution in [0, 0.1) is 6.92 Å². The molecule has 2 amide bonds. The molecule has 0 radical (unpaired) electrons. The van der Waals surface area contributed by atoms with Gasteiger partial charge in [0.25, 0.3) is 0 Å². The number of rotatable bonds is 5. The average Bonchev–Trinajstić information content (AvgIpc) is 2.86. The lowest BCUT2D eigenvalue weighted by Gasteiger charge is -2.27. The fourth-order valence-corrected chi connectivity index (χ4v) is 3.64. The molecule has 1 aromatic carbocycles. The summed E-state index contributed by atoms with van der Waals surface area (Å²) in [5.74, 6) is -0.124. The van der Waals surface area contributed by atoms with Gasteiger partial charge in [-0.15, -0.1) is 0 Å². The van der Waals surface area contributed by atoms with Crippen LogP contribution < -0.4 is 10.1 Å². The molecule has 136 valence electrons. The molecule has 2 aliphatic heterocycles. The van der Waals surface area contributed by atoms with Gasteiger partial charge in [0.2, 0.25) is 0 Å². The number of aryl methyl sites for hydroxylation is 1. The van der Waals surface area contributed by atoms with Crippen molar-refractivity contribution in [2.24, 2.45) is 0 Å². The highest BCUT2D eigenvalue weighted by atomic mass is 35.5. The average molecular weight is 366 g/mol. The number of hydrogen-bond donors (Lipinski definition) is 1. The topological polar surface area (TPSA) is 61.9 Å². The Morgan fingerprint density at radius 3 is 2.52 bits per heavy atom. The van der Waals surface area contributed by atoms with E-state index in [0.29, 0.717) is 24.8 Å². The van der Waals surface area contributed by atoms with Gasteiger partial charge < -0.3 is 19.9 Å². The number of carbonyl (C=O) groups is 2. The largest absolute Gasteiger partial charge is 0.490 e. The minimum absolute atomic E-state index is 0.155.